The number of carbonyl (C=O) groups excluding carboxylic acids is 1. The van der Waals surface area contributed by atoms with Crippen LogP contribution in [0.15, 0.2) is 23.2 Å². The van der Waals surface area contributed by atoms with Gasteiger partial charge < -0.3 is 20.7 Å². The summed E-state index contributed by atoms with van der Waals surface area (Å²) in [6.45, 7) is 4.00. The highest BCUT2D eigenvalue weighted by Gasteiger charge is 2.18. The molecule has 140 valence electrons. The van der Waals surface area contributed by atoms with Gasteiger partial charge in [-0.1, -0.05) is 6.07 Å². The molecule has 1 atom stereocenters. The van der Waals surface area contributed by atoms with Crippen molar-refractivity contribution in [3.63, 3.8) is 0 Å². The molecule has 0 radical (unpaired) electrons. The number of halogens is 2. The minimum atomic E-state index is -0.271. The van der Waals surface area contributed by atoms with Gasteiger partial charge in [0.25, 0.3) is 0 Å². The summed E-state index contributed by atoms with van der Waals surface area (Å²) in [5, 5.41) is 9.36. The third-order valence-corrected chi connectivity index (χ3v) is 3.78. The number of rotatable bonds is 6. The van der Waals surface area contributed by atoms with E-state index in [-0.39, 0.29) is 48.3 Å². The van der Waals surface area contributed by atoms with Crippen LogP contribution < -0.4 is 16.0 Å². The molecule has 1 aliphatic heterocycles. The van der Waals surface area contributed by atoms with E-state index < -0.39 is 0 Å². The van der Waals surface area contributed by atoms with Gasteiger partial charge in [0.2, 0.25) is 5.91 Å². The SMILES string of the molecule is CCNC(=NCc1ccc(F)c(COC)c1)NC1CCC(=O)NC1.I. The molecule has 0 aliphatic carbocycles. The van der Waals surface area contributed by atoms with Gasteiger partial charge in [-0.2, -0.15) is 0 Å². The molecule has 2 rings (SSSR count). The monoisotopic (exact) mass is 464 g/mol. The molecule has 1 aromatic carbocycles. The molecule has 6 nitrogen and oxygen atoms in total. The lowest BCUT2D eigenvalue weighted by molar-refractivity contribution is -0.122. The van der Waals surface area contributed by atoms with Crippen LogP contribution in [0.25, 0.3) is 0 Å². The molecule has 1 fully saturated rings. The molecule has 0 spiro atoms. The summed E-state index contributed by atoms with van der Waals surface area (Å²) in [5.74, 6) is 0.510. The Kier molecular flexibility index (Phi) is 9.73. The van der Waals surface area contributed by atoms with Crippen LogP contribution in [-0.4, -0.2) is 38.1 Å². The normalized spacial score (nSPS) is 17.5. The molecule has 0 saturated carbocycles. The predicted molar refractivity (Wildman–Crippen MR) is 107 cm³/mol. The molecule has 1 amide bonds. The first kappa shape index (κ1) is 21.6. The maximum Gasteiger partial charge on any atom is 0.220 e. The summed E-state index contributed by atoms with van der Waals surface area (Å²) in [5.41, 5.74) is 1.44. The van der Waals surface area contributed by atoms with Crippen molar-refractivity contribution in [2.75, 3.05) is 20.2 Å². The van der Waals surface area contributed by atoms with E-state index in [1.54, 1.807) is 19.2 Å². The van der Waals surface area contributed by atoms with Gasteiger partial charge in [-0.05, 0) is 31.0 Å². The van der Waals surface area contributed by atoms with Crippen molar-refractivity contribution in [1.82, 2.24) is 16.0 Å². The number of aliphatic imine (C=N–C) groups is 1. The molecule has 0 bridgehead atoms. The Morgan fingerprint density at radius 1 is 1.48 bits per heavy atom. The van der Waals surface area contributed by atoms with Crippen LogP contribution in [0.1, 0.15) is 30.9 Å². The van der Waals surface area contributed by atoms with E-state index in [4.69, 9.17) is 4.74 Å². The van der Waals surface area contributed by atoms with Gasteiger partial charge in [0.05, 0.1) is 13.2 Å². The van der Waals surface area contributed by atoms with Crippen LogP contribution in [0, 0.1) is 5.82 Å². The van der Waals surface area contributed by atoms with Crippen molar-refractivity contribution in [3.8, 4) is 0 Å². The molecule has 0 aromatic heterocycles. The number of amides is 1. The van der Waals surface area contributed by atoms with Gasteiger partial charge in [-0.3, -0.25) is 4.79 Å². The standard InChI is InChI=1S/C17H25FN4O2.HI/c1-3-19-17(22-14-5-7-16(23)20-10-14)21-9-12-4-6-15(18)13(8-12)11-24-2;/h4,6,8,14H,3,5,7,9-11H2,1-2H3,(H,20,23)(H2,19,21,22);1H. The fourth-order valence-corrected chi connectivity index (χ4v) is 2.53. The second-order valence-corrected chi connectivity index (χ2v) is 5.74. The van der Waals surface area contributed by atoms with E-state index >= 15 is 0 Å². The zero-order valence-electron chi connectivity index (χ0n) is 14.6. The fraction of sp³-hybridized carbons (Fsp3) is 0.529. The number of nitrogens with zero attached hydrogens (tertiary/aromatic N) is 1. The lowest BCUT2D eigenvalue weighted by Crippen LogP contribution is -2.51. The third kappa shape index (κ3) is 7.15. The number of ether oxygens (including phenoxy) is 1. The van der Waals surface area contributed by atoms with E-state index in [1.807, 2.05) is 6.92 Å². The second-order valence-electron chi connectivity index (χ2n) is 5.74. The van der Waals surface area contributed by atoms with Crippen molar-refractivity contribution in [2.45, 2.75) is 39.0 Å². The van der Waals surface area contributed by atoms with Crippen molar-refractivity contribution >= 4 is 35.8 Å². The molecule has 3 N–H and O–H groups in total. The summed E-state index contributed by atoms with van der Waals surface area (Å²) in [7, 11) is 1.54. The number of guanidine groups is 1. The van der Waals surface area contributed by atoms with E-state index in [0.29, 0.717) is 31.0 Å². The van der Waals surface area contributed by atoms with Gasteiger partial charge in [0.15, 0.2) is 5.96 Å². The number of benzene rings is 1. The van der Waals surface area contributed by atoms with Crippen molar-refractivity contribution in [2.24, 2.45) is 4.99 Å². The third-order valence-electron chi connectivity index (χ3n) is 3.78. The number of hydrogen-bond acceptors (Lipinski definition) is 3. The fourth-order valence-electron chi connectivity index (χ4n) is 2.53. The lowest BCUT2D eigenvalue weighted by Gasteiger charge is -2.25. The number of nitrogens with one attached hydrogen (secondary N) is 3. The van der Waals surface area contributed by atoms with Crippen LogP contribution in [0.2, 0.25) is 0 Å². The average molecular weight is 464 g/mol. The number of piperidine rings is 1. The van der Waals surface area contributed by atoms with Crippen molar-refractivity contribution < 1.29 is 13.9 Å². The maximum absolute atomic E-state index is 13.6. The first-order valence-corrected chi connectivity index (χ1v) is 8.20. The highest BCUT2D eigenvalue weighted by molar-refractivity contribution is 14.0. The van der Waals surface area contributed by atoms with E-state index in [2.05, 4.69) is 20.9 Å². The van der Waals surface area contributed by atoms with Gasteiger partial charge in [-0.25, -0.2) is 9.38 Å². The van der Waals surface area contributed by atoms with E-state index in [1.165, 1.54) is 6.07 Å². The van der Waals surface area contributed by atoms with E-state index in [9.17, 15) is 9.18 Å². The zero-order chi connectivity index (χ0) is 17.4. The lowest BCUT2D eigenvalue weighted by atomic mass is 10.1. The molecule has 1 saturated heterocycles. The average Bonchev–Trinajstić information content (AvgIpc) is 2.58. The van der Waals surface area contributed by atoms with Gasteiger partial charge in [0, 0.05) is 38.2 Å². The van der Waals surface area contributed by atoms with Crippen LogP contribution in [0.4, 0.5) is 4.39 Å². The summed E-state index contributed by atoms with van der Waals surface area (Å²) in [6, 6.07) is 5.10. The summed E-state index contributed by atoms with van der Waals surface area (Å²) < 4.78 is 18.6. The molecule has 1 aliphatic rings. The highest BCUT2D eigenvalue weighted by atomic mass is 127. The first-order valence-electron chi connectivity index (χ1n) is 8.20. The van der Waals surface area contributed by atoms with Crippen LogP contribution in [0.3, 0.4) is 0 Å². The van der Waals surface area contributed by atoms with Crippen LogP contribution in [0.5, 0.6) is 0 Å². The summed E-state index contributed by atoms with van der Waals surface area (Å²) in [6.07, 6.45) is 1.31. The minimum Gasteiger partial charge on any atom is -0.380 e. The Balaban J connectivity index is 0.00000312. The maximum atomic E-state index is 13.6. The zero-order valence-corrected chi connectivity index (χ0v) is 16.9. The van der Waals surface area contributed by atoms with Gasteiger partial charge in [-0.15, -0.1) is 24.0 Å². The Morgan fingerprint density at radius 3 is 2.92 bits per heavy atom. The Labute approximate surface area is 165 Å². The number of hydrogen-bond donors (Lipinski definition) is 3. The van der Waals surface area contributed by atoms with Crippen LogP contribution in [-0.2, 0) is 22.7 Å². The molecule has 1 unspecified atom stereocenters. The molecule has 25 heavy (non-hydrogen) atoms. The van der Waals surface area contributed by atoms with Gasteiger partial charge >= 0.3 is 0 Å². The predicted octanol–water partition coefficient (Wildman–Crippen LogP) is 1.92. The Morgan fingerprint density at radius 2 is 2.28 bits per heavy atom. The van der Waals surface area contributed by atoms with Crippen LogP contribution >= 0.6 is 24.0 Å². The quantitative estimate of drug-likeness (QED) is 0.342. The molecule has 1 heterocycles. The second kappa shape index (κ2) is 11.2. The molecular formula is C17H26FIN4O2. The summed E-state index contributed by atoms with van der Waals surface area (Å²) in [4.78, 5) is 15.8. The first-order chi connectivity index (χ1) is 11.6. The molecule has 8 heteroatoms. The Bertz CT molecular complexity index is 588. The topological polar surface area (TPSA) is 74.8 Å². The van der Waals surface area contributed by atoms with Crippen molar-refractivity contribution in [3.05, 3.63) is 35.1 Å². The summed E-state index contributed by atoms with van der Waals surface area (Å²) >= 11 is 0. The largest absolute Gasteiger partial charge is 0.380 e. The Hall–Kier alpha value is -1.42. The molecule has 1 aromatic rings. The number of carbonyl (C=O) groups is 1. The smallest absolute Gasteiger partial charge is 0.220 e. The highest BCUT2D eigenvalue weighted by Crippen LogP contribution is 2.12. The van der Waals surface area contributed by atoms with Gasteiger partial charge in [0.1, 0.15) is 5.82 Å². The van der Waals surface area contributed by atoms with E-state index in [0.717, 1.165) is 18.5 Å². The number of methoxy groups -OCH3 is 1. The minimum absolute atomic E-state index is 0. The molecular weight excluding hydrogens is 438 g/mol. The van der Waals surface area contributed by atoms with Crippen molar-refractivity contribution in [1.29, 1.82) is 0 Å².